The number of ether oxygens (including phenoxy) is 1. The first kappa shape index (κ1) is 17.1. The number of alkyl halides is 3. The number of anilines is 1. The van der Waals surface area contributed by atoms with Crippen LogP contribution in [0.25, 0.3) is 0 Å². The lowest BCUT2D eigenvalue weighted by Gasteiger charge is -2.33. The standard InChI is InChI=1S/C14H13ClF3N3O2S/c1-2-23-13(22)7-6-19-21-10(14(16,17)18)5-8(20-12(7)21)9-3-4-11(15)24-9/h3-4,6,8,10,20H,2,5H2,1H3/t8-,10+/m1/s1. The average molecular weight is 380 g/mol. The van der Waals surface area contributed by atoms with E-state index >= 15 is 0 Å². The van der Waals surface area contributed by atoms with Crippen molar-refractivity contribution in [2.45, 2.75) is 31.6 Å². The minimum Gasteiger partial charge on any atom is -0.462 e. The molecule has 5 nitrogen and oxygen atoms in total. The highest BCUT2D eigenvalue weighted by atomic mass is 35.5. The Hall–Kier alpha value is -1.74. The normalized spacial score (nSPS) is 20.4. The van der Waals surface area contributed by atoms with Crippen LogP contribution in [-0.2, 0) is 4.74 Å². The molecule has 1 aliphatic heterocycles. The molecule has 0 bridgehead atoms. The smallest absolute Gasteiger partial charge is 0.410 e. The molecule has 3 heterocycles. The van der Waals surface area contributed by atoms with Gasteiger partial charge in [0.05, 0.1) is 23.2 Å². The van der Waals surface area contributed by atoms with E-state index in [9.17, 15) is 18.0 Å². The van der Waals surface area contributed by atoms with Crippen LogP contribution < -0.4 is 5.32 Å². The second kappa shape index (κ2) is 6.29. The number of carbonyl (C=O) groups excluding carboxylic acids is 1. The summed E-state index contributed by atoms with van der Waals surface area (Å²) in [5, 5.41) is 6.72. The lowest BCUT2D eigenvalue weighted by molar-refractivity contribution is -0.173. The highest BCUT2D eigenvalue weighted by molar-refractivity contribution is 7.16. The number of rotatable bonds is 3. The Kier molecular flexibility index (Phi) is 4.48. The molecule has 1 N–H and O–H groups in total. The first-order valence-corrected chi connectivity index (χ1v) is 8.33. The highest BCUT2D eigenvalue weighted by Gasteiger charge is 2.47. The summed E-state index contributed by atoms with van der Waals surface area (Å²) in [6.07, 6.45) is -3.63. The summed E-state index contributed by atoms with van der Waals surface area (Å²) in [4.78, 5) is 12.6. The Bertz CT molecular complexity index is 759. The Morgan fingerprint density at radius 2 is 2.29 bits per heavy atom. The van der Waals surface area contributed by atoms with E-state index in [4.69, 9.17) is 16.3 Å². The molecule has 130 valence electrons. The van der Waals surface area contributed by atoms with E-state index in [1.54, 1.807) is 19.1 Å². The lowest BCUT2D eigenvalue weighted by Crippen LogP contribution is -2.36. The number of fused-ring (bicyclic) bond motifs is 1. The van der Waals surface area contributed by atoms with Gasteiger partial charge < -0.3 is 10.1 Å². The van der Waals surface area contributed by atoms with Crippen molar-refractivity contribution in [3.63, 3.8) is 0 Å². The van der Waals surface area contributed by atoms with Crippen LogP contribution in [0, 0.1) is 0 Å². The molecule has 1 aliphatic rings. The molecule has 0 saturated carbocycles. The SMILES string of the molecule is CCOC(=O)c1cnn2c1N[C@@H](c1ccc(Cl)s1)C[C@H]2C(F)(F)F. The fraction of sp³-hybridized carbons (Fsp3) is 0.429. The van der Waals surface area contributed by atoms with Gasteiger partial charge in [-0.25, -0.2) is 9.48 Å². The molecule has 0 aliphatic carbocycles. The summed E-state index contributed by atoms with van der Waals surface area (Å²) in [7, 11) is 0. The first-order chi connectivity index (χ1) is 11.3. The number of halogens is 4. The van der Waals surface area contributed by atoms with Crippen LogP contribution in [0.2, 0.25) is 4.34 Å². The molecular weight excluding hydrogens is 367 g/mol. The van der Waals surface area contributed by atoms with Gasteiger partial charge in [-0.05, 0) is 19.1 Å². The monoisotopic (exact) mass is 379 g/mol. The Morgan fingerprint density at radius 1 is 1.54 bits per heavy atom. The van der Waals surface area contributed by atoms with Crippen molar-refractivity contribution in [1.29, 1.82) is 0 Å². The molecule has 24 heavy (non-hydrogen) atoms. The molecule has 2 atom stereocenters. The maximum absolute atomic E-state index is 13.4. The fourth-order valence-corrected chi connectivity index (χ4v) is 3.75. The second-order valence-corrected chi connectivity index (χ2v) is 6.95. The van der Waals surface area contributed by atoms with Gasteiger partial charge >= 0.3 is 12.1 Å². The molecule has 0 radical (unpaired) electrons. The predicted molar refractivity (Wildman–Crippen MR) is 83.6 cm³/mol. The maximum Gasteiger partial charge on any atom is 0.410 e. The number of nitrogens with zero attached hydrogens (tertiary/aromatic N) is 2. The highest BCUT2D eigenvalue weighted by Crippen LogP contribution is 2.45. The third kappa shape index (κ3) is 3.10. The summed E-state index contributed by atoms with van der Waals surface area (Å²) < 4.78 is 46.5. The van der Waals surface area contributed by atoms with Crippen molar-refractivity contribution in [3.8, 4) is 0 Å². The summed E-state index contributed by atoms with van der Waals surface area (Å²) in [6, 6.07) is 0.854. The maximum atomic E-state index is 13.4. The molecule has 2 aromatic heterocycles. The van der Waals surface area contributed by atoms with Gasteiger partial charge in [-0.3, -0.25) is 0 Å². The minimum atomic E-state index is -4.49. The van der Waals surface area contributed by atoms with Gasteiger partial charge in [0, 0.05) is 11.3 Å². The molecule has 3 rings (SSSR count). The van der Waals surface area contributed by atoms with E-state index in [0.717, 1.165) is 10.9 Å². The van der Waals surface area contributed by atoms with Crippen LogP contribution in [0.5, 0.6) is 0 Å². The van der Waals surface area contributed by atoms with Crippen molar-refractivity contribution < 1.29 is 22.7 Å². The number of esters is 1. The van der Waals surface area contributed by atoms with Gasteiger partial charge in [-0.15, -0.1) is 11.3 Å². The van der Waals surface area contributed by atoms with E-state index in [-0.39, 0.29) is 24.4 Å². The van der Waals surface area contributed by atoms with Crippen molar-refractivity contribution in [2.75, 3.05) is 11.9 Å². The number of hydrogen-bond acceptors (Lipinski definition) is 5. The molecule has 0 amide bonds. The van der Waals surface area contributed by atoms with Crippen LogP contribution in [-0.4, -0.2) is 28.5 Å². The minimum absolute atomic E-state index is 0.0107. The van der Waals surface area contributed by atoms with Gasteiger partial charge in [0.1, 0.15) is 11.4 Å². The molecule has 10 heteroatoms. The van der Waals surface area contributed by atoms with Crippen LogP contribution in [0.15, 0.2) is 18.3 Å². The number of hydrogen-bond donors (Lipinski definition) is 1. The Labute approximate surface area is 144 Å². The zero-order valence-electron chi connectivity index (χ0n) is 12.4. The number of nitrogens with one attached hydrogen (secondary N) is 1. The summed E-state index contributed by atoms with van der Waals surface area (Å²) >= 11 is 7.08. The zero-order valence-corrected chi connectivity index (χ0v) is 14.0. The van der Waals surface area contributed by atoms with Gasteiger partial charge in [-0.1, -0.05) is 11.6 Å². The van der Waals surface area contributed by atoms with E-state index < -0.39 is 24.2 Å². The predicted octanol–water partition coefficient (Wildman–Crippen LogP) is 4.44. The van der Waals surface area contributed by atoms with Crippen molar-refractivity contribution in [2.24, 2.45) is 0 Å². The van der Waals surface area contributed by atoms with Crippen LogP contribution in [0.4, 0.5) is 19.0 Å². The molecule has 0 saturated heterocycles. The molecule has 0 spiro atoms. The zero-order chi connectivity index (χ0) is 17.5. The van der Waals surface area contributed by atoms with Gasteiger partial charge in [0.25, 0.3) is 0 Å². The van der Waals surface area contributed by atoms with Crippen LogP contribution >= 0.6 is 22.9 Å². The van der Waals surface area contributed by atoms with E-state index in [2.05, 4.69) is 10.4 Å². The van der Waals surface area contributed by atoms with Crippen LogP contribution in [0.3, 0.4) is 0 Å². The largest absolute Gasteiger partial charge is 0.462 e. The van der Waals surface area contributed by atoms with Gasteiger partial charge in [-0.2, -0.15) is 18.3 Å². The molecule has 0 aromatic carbocycles. The molecular formula is C14H13ClF3N3O2S. The van der Waals surface area contributed by atoms with Crippen molar-refractivity contribution >= 4 is 34.7 Å². The fourth-order valence-electron chi connectivity index (χ4n) is 2.62. The third-order valence-corrected chi connectivity index (χ3v) is 5.02. The van der Waals surface area contributed by atoms with Crippen molar-refractivity contribution in [1.82, 2.24) is 9.78 Å². The van der Waals surface area contributed by atoms with E-state index in [0.29, 0.717) is 9.21 Å². The van der Waals surface area contributed by atoms with Crippen molar-refractivity contribution in [3.05, 3.63) is 33.1 Å². The average Bonchev–Trinajstić information content (AvgIpc) is 3.11. The van der Waals surface area contributed by atoms with Gasteiger partial charge in [0.15, 0.2) is 6.04 Å². The van der Waals surface area contributed by atoms with E-state index in [1.807, 2.05) is 0 Å². The number of carbonyl (C=O) groups is 1. The van der Waals surface area contributed by atoms with Gasteiger partial charge in [0.2, 0.25) is 0 Å². The molecule has 0 unspecified atom stereocenters. The first-order valence-electron chi connectivity index (χ1n) is 7.14. The number of thiophene rings is 1. The molecule has 2 aromatic rings. The second-order valence-electron chi connectivity index (χ2n) is 5.20. The third-order valence-electron chi connectivity index (χ3n) is 3.67. The summed E-state index contributed by atoms with van der Waals surface area (Å²) in [5.74, 6) is -0.700. The topological polar surface area (TPSA) is 56.1 Å². The number of aromatic nitrogens is 2. The lowest BCUT2D eigenvalue weighted by atomic mass is 10.0. The summed E-state index contributed by atoms with van der Waals surface area (Å²) in [5.41, 5.74) is -0.0153. The van der Waals surface area contributed by atoms with E-state index in [1.165, 1.54) is 11.3 Å². The quantitative estimate of drug-likeness (QED) is 0.801. The Balaban J connectivity index is 2.02. The molecule has 0 fully saturated rings. The summed E-state index contributed by atoms with van der Waals surface area (Å²) in [6.45, 7) is 1.74. The Morgan fingerprint density at radius 3 is 2.88 bits per heavy atom. The van der Waals surface area contributed by atoms with Crippen LogP contribution in [0.1, 0.15) is 40.7 Å².